The van der Waals surface area contributed by atoms with E-state index in [0.29, 0.717) is 29.2 Å². The zero-order valence-corrected chi connectivity index (χ0v) is 12.8. The molecule has 2 N–H and O–H groups in total. The molecule has 0 amide bonds. The van der Waals surface area contributed by atoms with Gasteiger partial charge in [0.15, 0.2) is 5.82 Å². The van der Waals surface area contributed by atoms with Gasteiger partial charge in [-0.3, -0.25) is 0 Å². The van der Waals surface area contributed by atoms with Gasteiger partial charge >= 0.3 is 0 Å². The van der Waals surface area contributed by atoms with Crippen LogP contribution < -0.4 is 15.4 Å². The SMILES string of the molecule is CCCNc1ncc(Cl)c(NCc2ccnc(OC)c2)n1. The molecule has 0 bridgehead atoms. The zero-order valence-electron chi connectivity index (χ0n) is 12.1. The molecule has 0 saturated heterocycles. The molecule has 2 heterocycles. The van der Waals surface area contributed by atoms with Gasteiger partial charge in [-0.2, -0.15) is 4.98 Å². The number of aromatic nitrogens is 3. The fraction of sp³-hybridized carbons (Fsp3) is 0.357. The van der Waals surface area contributed by atoms with Crippen LogP contribution in [-0.4, -0.2) is 28.6 Å². The smallest absolute Gasteiger partial charge is 0.224 e. The number of nitrogens with zero attached hydrogens (tertiary/aromatic N) is 3. The average Bonchev–Trinajstić information content (AvgIpc) is 2.53. The van der Waals surface area contributed by atoms with Gasteiger partial charge in [0.1, 0.15) is 5.02 Å². The highest BCUT2D eigenvalue weighted by atomic mass is 35.5. The van der Waals surface area contributed by atoms with E-state index in [9.17, 15) is 0 Å². The summed E-state index contributed by atoms with van der Waals surface area (Å²) in [5.41, 5.74) is 1.03. The molecule has 6 nitrogen and oxygen atoms in total. The molecule has 2 rings (SSSR count). The molecule has 0 aliphatic carbocycles. The molecule has 7 heteroatoms. The second-order valence-corrected chi connectivity index (χ2v) is 4.78. The van der Waals surface area contributed by atoms with Crippen molar-refractivity contribution in [3.63, 3.8) is 0 Å². The Balaban J connectivity index is 2.04. The number of anilines is 2. The van der Waals surface area contributed by atoms with Gasteiger partial charge in [-0.1, -0.05) is 18.5 Å². The Labute approximate surface area is 128 Å². The monoisotopic (exact) mass is 307 g/mol. The lowest BCUT2D eigenvalue weighted by Gasteiger charge is -2.10. The summed E-state index contributed by atoms with van der Waals surface area (Å²) >= 11 is 6.10. The molecule has 2 aromatic heterocycles. The molecule has 0 atom stereocenters. The van der Waals surface area contributed by atoms with Crippen LogP contribution in [0.25, 0.3) is 0 Å². The molecule has 0 aromatic carbocycles. The fourth-order valence-corrected chi connectivity index (χ4v) is 1.83. The number of ether oxygens (including phenoxy) is 1. The van der Waals surface area contributed by atoms with Crippen molar-refractivity contribution < 1.29 is 4.74 Å². The van der Waals surface area contributed by atoms with E-state index >= 15 is 0 Å². The Bertz CT molecular complexity index is 593. The number of nitrogens with one attached hydrogen (secondary N) is 2. The van der Waals surface area contributed by atoms with Crippen LogP contribution in [0.4, 0.5) is 11.8 Å². The first-order valence-electron chi connectivity index (χ1n) is 6.72. The van der Waals surface area contributed by atoms with Gasteiger partial charge in [0.25, 0.3) is 0 Å². The Hall–Kier alpha value is -2.08. The molecule has 21 heavy (non-hydrogen) atoms. The van der Waals surface area contributed by atoms with Gasteiger partial charge in [-0.25, -0.2) is 9.97 Å². The predicted molar refractivity (Wildman–Crippen MR) is 83.9 cm³/mol. The Morgan fingerprint density at radius 3 is 2.90 bits per heavy atom. The minimum atomic E-state index is 0.484. The minimum Gasteiger partial charge on any atom is -0.481 e. The molecule has 0 fully saturated rings. The Morgan fingerprint density at radius 2 is 2.14 bits per heavy atom. The lowest BCUT2D eigenvalue weighted by Crippen LogP contribution is -2.08. The highest BCUT2D eigenvalue weighted by Crippen LogP contribution is 2.20. The van der Waals surface area contributed by atoms with Gasteiger partial charge in [0.05, 0.1) is 13.3 Å². The van der Waals surface area contributed by atoms with Crippen LogP contribution in [0, 0.1) is 0 Å². The van der Waals surface area contributed by atoms with Gasteiger partial charge in [-0.05, 0) is 18.1 Å². The lowest BCUT2D eigenvalue weighted by atomic mass is 10.2. The summed E-state index contributed by atoms with van der Waals surface area (Å²) in [5.74, 6) is 1.74. The quantitative estimate of drug-likeness (QED) is 0.819. The van der Waals surface area contributed by atoms with Crippen LogP contribution in [0.3, 0.4) is 0 Å². The second-order valence-electron chi connectivity index (χ2n) is 4.38. The van der Waals surface area contributed by atoms with E-state index in [1.54, 1.807) is 19.5 Å². The first-order chi connectivity index (χ1) is 10.2. The van der Waals surface area contributed by atoms with Crippen molar-refractivity contribution in [2.45, 2.75) is 19.9 Å². The fourth-order valence-electron chi connectivity index (χ4n) is 1.67. The van der Waals surface area contributed by atoms with Gasteiger partial charge < -0.3 is 15.4 Å². The Morgan fingerprint density at radius 1 is 1.29 bits per heavy atom. The topological polar surface area (TPSA) is 72.0 Å². The number of hydrogen-bond donors (Lipinski definition) is 2. The van der Waals surface area contributed by atoms with E-state index in [0.717, 1.165) is 18.5 Å². The Kier molecular flexibility index (Phi) is 5.57. The van der Waals surface area contributed by atoms with Crippen molar-refractivity contribution in [2.75, 3.05) is 24.3 Å². The summed E-state index contributed by atoms with van der Waals surface area (Å²) in [6.45, 7) is 3.48. The number of pyridine rings is 1. The van der Waals surface area contributed by atoms with Crippen LogP contribution in [0.15, 0.2) is 24.5 Å². The molecule has 0 aliphatic heterocycles. The van der Waals surface area contributed by atoms with Crippen molar-refractivity contribution in [3.05, 3.63) is 35.1 Å². The van der Waals surface area contributed by atoms with Crippen LogP contribution in [0.5, 0.6) is 5.88 Å². The first kappa shape index (κ1) is 15.3. The molecule has 0 unspecified atom stereocenters. The maximum Gasteiger partial charge on any atom is 0.224 e. The van der Waals surface area contributed by atoms with E-state index in [1.165, 1.54) is 0 Å². The van der Waals surface area contributed by atoms with Crippen LogP contribution in [-0.2, 0) is 6.54 Å². The third-order valence-corrected chi connectivity index (χ3v) is 3.02. The lowest BCUT2D eigenvalue weighted by molar-refractivity contribution is 0.397. The van der Waals surface area contributed by atoms with Crippen LogP contribution >= 0.6 is 11.6 Å². The number of hydrogen-bond acceptors (Lipinski definition) is 6. The van der Waals surface area contributed by atoms with Gasteiger partial charge in [0.2, 0.25) is 11.8 Å². The molecule has 112 valence electrons. The molecule has 0 saturated carbocycles. The maximum absolute atomic E-state index is 6.10. The van der Waals surface area contributed by atoms with Crippen molar-refractivity contribution >= 4 is 23.4 Å². The van der Waals surface area contributed by atoms with Crippen LogP contribution in [0.2, 0.25) is 5.02 Å². The predicted octanol–water partition coefficient (Wildman–Crippen LogP) is 2.97. The largest absolute Gasteiger partial charge is 0.481 e. The second kappa shape index (κ2) is 7.64. The van der Waals surface area contributed by atoms with E-state index in [-0.39, 0.29) is 0 Å². The summed E-state index contributed by atoms with van der Waals surface area (Å²) < 4.78 is 5.09. The standard InChI is InChI=1S/C14H18ClN5O/c1-3-5-17-14-19-9-11(15)13(20-14)18-8-10-4-6-16-12(7-10)21-2/h4,6-7,9H,3,5,8H2,1-2H3,(H2,17,18,19,20). The third kappa shape index (κ3) is 4.46. The molecule has 0 aliphatic rings. The van der Waals surface area contributed by atoms with E-state index in [4.69, 9.17) is 16.3 Å². The van der Waals surface area contributed by atoms with Crippen LogP contribution in [0.1, 0.15) is 18.9 Å². The normalized spacial score (nSPS) is 10.2. The summed E-state index contributed by atoms with van der Waals surface area (Å²) in [7, 11) is 1.59. The average molecular weight is 308 g/mol. The van der Waals surface area contributed by atoms with Crippen molar-refractivity contribution in [3.8, 4) is 5.88 Å². The van der Waals surface area contributed by atoms with E-state index in [2.05, 4.69) is 32.5 Å². The number of halogens is 1. The molecular weight excluding hydrogens is 290 g/mol. The summed E-state index contributed by atoms with van der Waals surface area (Å²) in [4.78, 5) is 12.6. The van der Waals surface area contributed by atoms with Gasteiger partial charge in [0, 0.05) is 25.4 Å². The van der Waals surface area contributed by atoms with E-state index < -0.39 is 0 Å². The molecule has 2 aromatic rings. The molecule has 0 radical (unpaired) electrons. The van der Waals surface area contributed by atoms with Crippen molar-refractivity contribution in [1.29, 1.82) is 0 Å². The number of methoxy groups -OCH3 is 1. The summed E-state index contributed by atoms with van der Waals surface area (Å²) in [6.07, 6.45) is 4.29. The van der Waals surface area contributed by atoms with Gasteiger partial charge in [-0.15, -0.1) is 0 Å². The van der Waals surface area contributed by atoms with Crippen molar-refractivity contribution in [2.24, 2.45) is 0 Å². The molecule has 0 spiro atoms. The highest BCUT2D eigenvalue weighted by Gasteiger charge is 2.05. The molecular formula is C14H18ClN5O. The summed E-state index contributed by atoms with van der Waals surface area (Å²) in [5, 5.41) is 6.80. The zero-order chi connectivity index (χ0) is 15.1. The summed E-state index contributed by atoms with van der Waals surface area (Å²) in [6, 6.07) is 3.76. The highest BCUT2D eigenvalue weighted by molar-refractivity contribution is 6.32. The number of rotatable bonds is 7. The van der Waals surface area contributed by atoms with Crippen molar-refractivity contribution in [1.82, 2.24) is 15.0 Å². The first-order valence-corrected chi connectivity index (χ1v) is 7.10. The third-order valence-electron chi connectivity index (χ3n) is 2.75. The maximum atomic E-state index is 6.10. The van der Waals surface area contributed by atoms with E-state index in [1.807, 2.05) is 12.1 Å². The minimum absolute atomic E-state index is 0.484.